The molecule has 2 aliphatic heterocycles. The quantitative estimate of drug-likeness (QED) is 0.736. The average Bonchev–Trinajstić information content (AvgIpc) is 3.02. The third kappa shape index (κ3) is 2.81. The predicted octanol–water partition coefficient (Wildman–Crippen LogP) is 0.519. The first-order valence-corrected chi connectivity index (χ1v) is 10.2. The number of nitrogens with zero attached hydrogens (tertiary/aromatic N) is 3. The number of aromatic nitrogens is 2. The molecule has 1 aromatic heterocycles. The van der Waals surface area contributed by atoms with E-state index in [9.17, 15) is 18.0 Å². The predicted molar refractivity (Wildman–Crippen MR) is 93.9 cm³/mol. The van der Waals surface area contributed by atoms with E-state index in [2.05, 4.69) is 15.7 Å². The van der Waals surface area contributed by atoms with Crippen LogP contribution in [0.1, 0.15) is 38.1 Å². The van der Waals surface area contributed by atoms with E-state index in [0.717, 1.165) is 0 Å². The maximum absolute atomic E-state index is 13.1. The minimum Gasteiger partial charge on any atom is -0.323 e. The van der Waals surface area contributed by atoms with Crippen LogP contribution >= 0.6 is 0 Å². The molecule has 9 nitrogen and oxygen atoms in total. The summed E-state index contributed by atoms with van der Waals surface area (Å²) in [6.07, 6.45) is 1.01. The maximum Gasteiger partial charge on any atom is 0.322 e. The van der Waals surface area contributed by atoms with Crippen LogP contribution in [-0.2, 0) is 21.4 Å². The fraction of sp³-hybridized carbons (Fsp3) is 0.688. The number of amides is 3. The van der Waals surface area contributed by atoms with Crippen LogP contribution in [0.2, 0.25) is 0 Å². The first-order valence-electron chi connectivity index (χ1n) is 8.79. The SMILES string of the molecule is CCn1nc(C)c(S(=O)(=O)N2CCC(C3(C)NC(=O)NC3=O)CC2)c1C. The number of imide groups is 1. The number of aryl methyl sites for hydroxylation is 2. The zero-order valence-electron chi connectivity index (χ0n) is 15.5. The lowest BCUT2D eigenvalue weighted by Gasteiger charge is -2.38. The van der Waals surface area contributed by atoms with E-state index in [0.29, 0.717) is 43.9 Å². The molecule has 2 aliphatic rings. The standard InChI is InChI=1S/C16H25N5O4S/c1-5-21-11(3)13(10(2)19-21)26(24,25)20-8-6-12(7-9-20)16(4)14(22)17-15(23)18-16/h12H,5-9H2,1-4H3,(H2,17,18,22,23). The van der Waals surface area contributed by atoms with Gasteiger partial charge in [0.1, 0.15) is 10.4 Å². The van der Waals surface area contributed by atoms with E-state index in [-0.39, 0.29) is 16.7 Å². The van der Waals surface area contributed by atoms with Crippen LogP contribution in [-0.4, -0.2) is 53.1 Å². The van der Waals surface area contributed by atoms with Crippen molar-refractivity contribution in [1.29, 1.82) is 0 Å². The number of carbonyl (C=O) groups is 2. The van der Waals surface area contributed by atoms with Crippen LogP contribution in [0, 0.1) is 19.8 Å². The van der Waals surface area contributed by atoms with Crippen LogP contribution in [0.4, 0.5) is 4.79 Å². The Labute approximate surface area is 153 Å². The molecule has 2 saturated heterocycles. The molecule has 3 heterocycles. The Morgan fingerprint density at radius 1 is 1.23 bits per heavy atom. The number of nitrogens with one attached hydrogen (secondary N) is 2. The van der Waals surface area contributed by atoms with Gasteiger partial charge in [-0.1, -0.05) is 0 Å². The summed E-state index contributed by atoms with van der Waals surface area (Å²) < 4.78 is 29.4. The Morgan fingerprint density at radius 3 is 2.31 bits per heavy atom. The number of rotatable bonds is 4. The molecule has 26 heavy (non-hydrogen) atoms. The molecule has 3 rings (SSSR count). The number of sulfonamides is 1. The van der Waals surface area contributed by atoms with Gasteiger partial charge in [0, 0.05) is 19.6 Å². The summed E-state index contributed by atoms with van der Waals surface area (Å²) in [6, 6.07) is -0.495. The molecule has 144 valence electrons. The third-order valence-electron chi connectivity index (χ3n) is 5.55. The lowest BCUT2D eigenvalue weighted by Crippen LogP contribution is -2.54. The van der Waals surface area contributed by atoms with Crippen molar-refractivity contribution >= 4 is 22.0 Å². The van der Waals surface area contributed by atoms with Crippen molar-refractivity contribution in [3.8, 4) is 0 Å². The minimum absolute atomic E-state index is 0.110. The molecule has 0 radical (unpaired) electrons. The Kier molecular flexibility index (Phi) is 4.60. The molecule has 3 amide bonds. The molecule has 2 N–H and O–H groups in total. The lowest BCUT2D eigenvalue weighted by atomic mass is 9.79. The second kappa shape index (κ2) is 6.34. The van der Waals surface area contributed by atoms with E-state index in [1.807, 2.05) is 6.92 Å². The summed E-state index contributed by atoms with van der Waals surface area (Å²) in [5, 5.41) is 9.25. The van der Waals surface area contributed by atoms with Gasteiger partial charge in [-0.15, -0.1) is 0 Å². The summed E-state index contributed by atoms with van der Waals surface area (Å²) >= 11 is 0. The van der Waals surface area contributed by atoms with Gasteiger partial charge < -0.3 is 5.32 Å². The van der Waals surface area contributed by atoms with Gasteiger partial charge in [0.05, 0.1) is 11.4 Å². The molecule has 1 unspecified atom stereocenters. The number of piperidine rings is 1. The van der Waals surface area contributed by atoms with Crippen LogP contribution in [0.15, 0.2) is 4.90 Å². The number of hydrogen-bond acceptors (Lipinski definition) is 5. The molecule has 0 bridgehead atoms. The third-order valence-corrected chi connectivity index (χ3v) is 7.71. The van der Waals surface area contributed by atoms with Gasteiger partial charge in [-0.05, 0) is 46.5 Å². The van der Waals surface area contributed by atoms with Gasteiger partial charge >= 0.3 is 6.03 Å². The Hall–Kier alpha value is -1.94. The van der Waals surface area contributed by atoms with Crippen molar-refractivity contribution in [3.05, 3.63) is 11.4 Å². The highest BCUT2D eigenvalue weighted by Crippen LogP contribution is 2.33. The Bertz CT molecular complexity index is 854. The summed E-state index contributed by atoms with van der Waals surface area (Å²) in [7, 11) is -3.64. The first-order chi connectivity index (χ1) is 12.1. The molecule has 0 aromatic carbocycles. The van der Waals surface area contributed by atoms with Crippen LogP contribution in [0.25, 0.3) is 0 Å². The maximum atomic E-state index is 13.1. The van der Waals surface area contributed by atoms with Gasteiger partial charge in [-0.25, -0.2) is 13.2 Å². The second-order valence-corrected chi connectivity index (χ2v) is 8.98. The molecular formula is C16H25N5O4S. The molecule has 10 heteroatoms. The zero-order valence-corrected chi connectivity index (χ0v) is 16.3. The lowest BCUT2D eigenvalue weighted by molar-refractivity contribution is -0.125. The normalized spacial score (nSPS) is 25.4. The second-order valence-electron chi connectivity index (χ2n) is 7.10. The molecule has 0 saturated carbocycles. The van der Waals surface area contributed by atoms with Crippen LogP contribution in [0.5, 0.6) is 0 Å². The van der Waals surface area contributed by atoms with Gasteiger partial charge in [0.2, 0.25) is 10.0 Å². The molecule has 1 atom stereocenters. The summed E-state index contributed by atoms with van der Waals surface area (Å²) in [5.41, 5.74) is 0.161. The smallest absolute Gasteiger partial charge is 0.322 e. The largest absolute Gasteiger partial charge is 0.323 e. The molecule has 0 spiro atoms. The number of carbonyl (C=O) groups excluding carboxylic acids is 2. The molecular weight excluding hydrogens is 358 g/mol. The van der Waals surface area contributed by atoms with E-state index in [1.165, 1.54) is 4.31 Å². The minimum atomic E-state index is -3.64. The van der Waals surface area contributed by atoms with Crippen molar-refractivity contribution in [2.75, 3.05) is 13.1 Å². The Morgan fingerprint density at radius 2 is 1.85 bits per heavy atom. The van der Waals surface area contributed by atoms with E-state index in [4.69, 9.17) is 0 Å². The molecule has 0 aliphatic carbocycles. The highest BCUT2D eigenvalue weighted by atomic mass is 32.2. The summed E-state index contributed by atoms with van der Waals surface area (Å²) in [5.74, 6) is -0.458. The van der Waals surface area contributed by atoms with Crippen molar-refractivity contribution in [1.82, 2.24) is 24.7 Å². The van der Waals surface area contributed by atoms with Crippen molar-refractivity contribution in [2.24, 2.45) is 5.92 Å². The fourth-order valence-corrected chi connectivity index (χ4v) is 5.85. The summed E-state index contributed by atoms with van der Waals surface area (Å²) in [4.78, 5) is 23.8. The first kappa shape index (κ1) is 18.8. The average molecular weight is 383 g/mol. The van der Waals surface area contributed by atoms with Gasteiger partial charge in [-0.2, -0.15) is 9.40 Å². The van der Waals surface area contributed by atoms with Gasteiger partial charge in [-0.3, -0.25) is 14.8 Å². The molecule has 1 aromatic rings. The van der Waals surface area contributed by atoms with Crippen molar-refractivity contribution in [3.63, 3.8) is 0 Å². The number of urea groups is 1. The van der Waals surface area contributed by atoms with E-state index < -0.39 is 21.6 Å². The van der Waals surface area contributed by atoms with Gasteiger partial charge in [0.25, 0.3) is 5.91 Å². The highest BCUT2D eigenvalue weighted by Gasteiger charge is 2.49. The van der Waals surface area contributed by atoms with Crippen molar-refractivity contribution in [2.45, 2.75) is 57.5 Å². The zero-order chi connectivity index (χ0) is 19.3. The Balaban J connectivity index is 1.79. The highest BCUT2D eigenvalue weighted by molar-refractivity contribution is 7.89. The molecule has 2 fully saturated rings. The van der Waals surface area contributed by atoms with Crippen LogP contribution in [0.3, 0.4) is 0 Å². The summed E-state index contributed by atoms with van der Waals surface area (Å²) in [6.45, 7) is 8.31. The topological polar surface area (TPSA) is 113 Å². The van der Waals surface area contributed by atoms with E-state index >= 15 is 0 Å². The monoisotopic (exact) mass is 383 g/mol. The fourth-order valence-electron chi connectivity index (χ4n) is 4.01. The van der Waals surface area contributed by atoms with Crippen molar-refractivity contribution < 1.29 is 18.0 Å². The number of hydrogen-bond donors (Lipinski definition) is 2. The van der Waals surface area contributed by atoms with Crippen LogP contribution < -0.4 is 10.6 Å². The van der Waals surface area contributed by atoms with Gasteiger partial charge in [0.15, 0.2) is 0 Å². The van der Waals surface area contributed by atoms with E-state index in [1.54, 1.807) is 25.5 Å².